The third-order valence-electron chi connectivity index (χ3n) is 8.58. The first-order valence-corrected chi connectivity index (χ1v) is 14.4. The van der Waals surface area contributed by atoms with Gasteiger partial charge in [-0.25, -0.2) is 0 Å². The van der Waals surface area contributed by atoms with Crippen LogP contribution in [0.5, 0.6) is 0 Å². The lowest BCUT2D eigenvalue weighted by molar-refractivity contribution is 0.645. The molecule has 2 heteroatoms. The maximum Gasteiger partial charge on any atom is 0.213 e. The van der Waals surface area contributed by atoms with Crippen LogP contribution in [0, 0.1) is 0 Å². The minimum Gasteiger partial charge on any atom is -0.439 e. The number of benzene rings is 7. The quantitative estimate of drug-likeness (QED) is 0.206. The molecule has 0 spiro atoms. The Bertz CT molecular complexity index is 2390. The summed E-state index contributed by atoms with van der Waals surface area (Å²) in [6.07, 6.45) is 0. The number of aromatic nitrogens is 1. The van der Waals surface area contributed by atoms with Gasteiger partial charge >= 0.3 is 0 Å². The van der Waals surface area contributed by atoms with E-state index in [9.17, 15) is 0 Å². The predicted molar refractivity (Wildman–Crippen MR) is 176 cm³/mol. The Labute approximate surface area is 242 Å². The number of fused-ring (bicyclic) bond motifs is 7. The molecule has 196 valence electrons. The summed E-state index contributed by atoms with van der Waals surface area (Å²) in [4.78, 5) is 0. The van der Waals surface area contributed by atoms with Crippen LogP contribution in [0.2, 0.25) is 0 Å². The van der Waals surface area contributed by atoms with Crippen molar-refractivity contribution in [3.63, 3.8) is 0 Å². The number of para-hydroxylation sites is 2. The Balaban J connectivity index is 1.42. The lowest BCUT2D eigenvalue weighted by Crippen LogP contribution is -1.94. The fourth-order valence-corrected chi connectivity index (χ4v) is 6.83. The van der Waals surface area contributed by atoms with Crippen LogP contribution in [-0.2, 0) is 0 Å². The summed E-state index contributed by atoms with van der Waals surface area (Å²) in [7, 11) is 0. The minimum atomic E-state index is 0.878. The van der Waals surface area contributed by atoms with Crippen molar-refractivity contribution >= 4 is 54.5 Å². The van der Waals surface area contributed by atoms with Crippen LogP contribution in [0.4, 0.5) is 0 Å². The van der Waals surface area contributed by atoms with Crippen molar-refractivity contribution in [2.24, 2.45) is 0 Å². The zero-order valence-electron chi connectivity index (χ0n) is 22.8. The van der Waals surface area contributed by atoms with Gasteiger partial charge in [0.15, 0.2) is 0 Å². The summed E-state index contributed by atoms with van der Waals surface area (Å²) in [5.74, 6) is 0. The van der Waals surface area contributed by atoms with Gasteiger partial charge in [-0.05, 0) is 68.1 Å². The molecule has 0 atom stereocenters. The number of furan rings is 1. The highest BCUT2D eigenvalue weighted by atomic mass is 16.3. The molecular weight excluding hydrogens is 510 g/mol. The Kier molecular flexibility index (Phi) is 4.93. The van der Waals surface area contributed by atoms with E-state index in [1.54, 1.807) is 0 Å². The van der Waals surface area contributed by atoms with Crippen molar-refractivity contribution < 1.29 is 4.42 Å². The van der Waals surface area contributed by atoms with Crippen molar-refractivity contribution in [3.05, 3.63) is 152 Å². The molecule has 2 aromatic heterocycles. The van der Waals surface area contributed by atoms with Gasteiger partial charge in [0.1, 0.15) is 5.58 Å². The Morgan fingerprint density at radius 1 is 0.405 bits per heavy atom. The van der Waals surface area contributed by atoms with E-state index in [0.717, 1.165) is 33.3 Å². The molecule has 42 heavy (non-hydrogen) atoms. The van der Waals surface area contributed by atoms with Gasteiger partial charge in [0, 0.05) is 16.5 Å². The van der Waals surface area contributed by atoms with Gasteiger partial charge < -0.3 is 4.42 Å². The molecule has 0 N–H and O–H groups in total. The van der Waals surface area contributed by atoms with Crippen LogP contribution in [0.1, 0.15) is 0 Å². The molecule has 0 saturated carbocycles. The molecule has 0 amide bonds. The summed E-state index contributed by atoms with van der Waals surface area (Å²) < 4.78 is 8.81. The molecule has 0 saturated heterocycles. The molecule has 0 fully saturated rings. The van der Waals surface area contributed by atoms with Crippen LogP contribution in [0.3, 0.4) is 0 Å². The summed E-state index contributed by atoms with van der Waals surface area (Å²) >= 11 is 0. The first kappa shape index (κ1) is 23.1. The lowest BCUT2D eigenvalue weighted by atomic mass is 9.86. The van der Waals surface area contributed by atoms with Crippen molar-refractivity contribution in [2.45, 2.75) is 0 Å². The smallest absolute Gasteiger partial charge is 0.213 e. The second-order valence-electron chi connectivity index (χ2n) is 10.9. The van der Waals surface area contributed by atoms with Crippen molar-refractivity contribution in [2.75, 3.05) is 0 Å². The second kappa shape index (κ2) is 8.95. The van der Waals surface area contributed by atoms with Crippen LogP contribution in [0.25, 0.3) is 82.5 Å². The summed E-state index contributed by atoms with van der Waals surface area (Å²) in [5, 5.41) is 8.51. The Morgan fingerprint density at radius 2 is 0.929 bits per heavy atom. The highest BCUT2D eigenvalue weighted by molar-refractivity contribution is 6.23. The van der Waals surface area contributed by atoms with E-state index in [2.05, 4.69) is 150 Å². The van der Waals surface area contributed by atoms with Gasteiger partial charge in [-0.1, -0.05) is 127 Å². The SMILES string of the molecule is c1ccc(-c2c3ccccc3c(-c3ccc4c5c6ccccc6oc5n(-c5ccccc5)c4c3)c3ccccc23)cc1. The first-order valence-electron chi connectivity index (χ1n) is 14.4. The molecule has 9 aromatic rings. The zero-order chi connectivity index (χ0) is 27.6. The molecule has 2 heterocycles. The van der Waals surface area contributed by atoms with Gasteiger partial charge in [0.25, 0.3) is 0 Å². The molecule has 0 unspecified atom stereocenters. The van der Waals surface area contributed by atoms with E-state index in [0.29, 0.717) is 0 Å². The van der Waals surface area contributed by atoms with E-state index in [1.165, 1.54) is 49.2 Å². The summed E-state index contributed by atoms with van der Waals surface area (Å²) in [5.41, 5.74) is 8.97. The number of rotatable bonds is 3. The van der Waals surface area contributed by atoms with E-state index in [-0.39, 0.29) is 0 Å². The van der Waals surface area contributed by atoms with Gasteiger partial charge in [-0.3, -0.25) is 4.57 Å². The van der Waals surface area contributed by atoms with Crippen LogP contribution < -0.4 is 0 Å². The van der Waals surface area contributed by atoms with Gasteiger partial charge in [0.05, 0.1) is 10.9 Å². The van der Waals surface area contributed by atoms with Crippen molar-refractivity contribution in [3.8, 4) is 27.9 Å². The maximum atomic E-state index is 6.54. The number of hydrogen-bond acceptors (Lipinski definition) is 1. The fourth-order valence-electron chi connectivity index (χ4n) is 6.83. The highest BCUT2D eigenvalue weighted by Gasteiger charge is 2.21. The maximum absolute atomic E-state index is 6.54. The third kappa shape index (κ3) is 3.27. The second-order valence-corrected chi connectivity index (χ2v) is 10.9. The molecule has 7 aromatic carbocycles. The molecule has 0 aliphatic carbocycles. The van der Waals surface area contributed by atoms with Crippen LogP contribution in [0.15, 0.2) is 156 Å². The zero-order valence-corrected chi connectivity index (χ0v) is 22.8. The summed E-state index contributed by atoms with van der Waals surface area (Å²) in [6.45, 7) is 0. The Hall–Kier alpha value is -5.60. The molecule has 0 bridgehead atoms. The average Bonchev–Trinajstić information content (AvgIpc) is 3.58. The van der Waals surface area contributed by atoms with Gasteiger partial charge in [0.2, 0.25) is 5.71 Å². The van der Waals surface area contributed by atoms with Gasteiger partial charge in [-0.2, -0.15) is 0 Å². The highest BCUT2D eigenvalue weighted by Crippen LogP contribution is 2.45. The van der Waals surface area contributed by atoms with Crippen molar-refractivity contribution in [1.29, 1.82) is 0 Å². The van der Waals surface area contributed by atoms with E-state index >= 15 is 0 Å². The van der Waals surface area contributed by atoms with E-state index in [4.69, 9.17) is 4.42 Å². The lowest BCUT2D eigenvalue weighted by Gasteiger charge is -2.18. The van der Waals surface area contributed by atoms with Crippen LogP contribution in [-0.4, -0.2) is 4.57 Å². The van der Waals surface area contributed by atoms with Gasteiger partial charge in [-0.15, -0.1) is 0 Å². The van der Waals surface area contributed by atoms with Crippen LogP contribution >= 0.6 is 0 Å². The number of hydrogen-bond donors (Lipinski definition) is 0. The average molecular weight is 536 g/mol. The molecule has 2 nitrogen and oxygen atoms in total. The monoisotopic (exact) mass is 535 g/mol. The van der Waals surface area contributed by atoms with E-state index < -0.39 is 0 Å². The topological polar surface area (TPSA) is 18.1 Å². The molecule has 0 aliphatic rings. The Morgan fingerprint density at radius 3 is 1.57 bits per heavy atom. The first-order chi connectivity index (χ1) is 20.9. The van der Waals surface area contributed by atoms with Crippen molar-refractivity contribution in [1.82, 2.24) is 4.57 Å². The largest absolute Gasteiger partial charge is 0.439 e. The standard InChI is InChI=1S/C40H25NO/c1-3-13-26(14-4-1)37-29-17-7-9-19-31(29)38(32-20-10-8-18-30(32)37)27-23-24-33-35(25-27)41(28-15-5-2-6-16-28)40-39(33)34-21-11-12-22-36(34)42-40/h1-25H. The minimum absolute atomic E-state index is 0.878. The fraction of sp³-hybridized carbons (Fsp3) is 0. The summed E-state index contributed by atoms with van der Waals surface area (Å²) in [6, 6.07) is 54.2. The molecule has 0 aliphatic heterocycles. The predicted octanol–water partition coefficient (Wildman–Crippen LogP) is 11.2. The molecular formula is C40H25NO. The van der Waals surface area contributed by atoms with E-state index in [1.807, 2.05) is 6.07 Å². The molecule has 9 rings (SSSR count). The number of nitrogens with zero attached hydrogens (tertiary/aromatic N) is 1. The third-order valence-corrected chi connectivity index (χ3v) is 8.58. The normalized spacial score (nSPS) is 11.8. The molecule has 0 radical (unpaired) electrons.